The summed E-state index contributed by atoms with van der Waals surface area (Å²) in [5, 5.41) is 3.70. The lowest BCUT2D eigenvalue weighted by Gasteiger charge is -2.32. The van der Waals surface area contributed by atoms with Gasteiger partial charge in [0.2, 0.25) is 11.8 Å². The number of carbonyl (C=O) groups excluding carboxylic acids is 2. The van der Waals surface area contributed by atoms with Crippen LogP contribution in [0.25, 0.3) is 0 Å². The molecule has 0 aliphatic rings. The minimum atomic E-state index is -0.645. The average molecular weight is 477 g/mol. The molecule has 2 atom stereocenters. The van der Waals surface area contributed by atoms with Gasteiger partial charge in [-0.15, -0.1) is 0 Å². The minimum absolute atomic E-state index is 0.0194. The molecule has 0 aromatic heterocycles. The Morgan fingerprint density at radius 3 is 2.24 bits per heavy atom. The van der Waals surface area contributed by atoms with Gasteiger partial charge >= 0.3 is 0 Å². The van der Waals surface area contributed by atoms with Crippen molar-refractivity contribution in [3.05, 3.63) is 106 Å². The number of hydrogen-bond acceptors (Lipinski definition) is 2. The highest BCUT2D eigenvalue weighted by Gasteiger charge is 2.31. The zero-order valence-electron chi connectivity index (χ0n) is 20.1. The molecule has 0 spiro atoms. The van der Waals surface area contributed by atoms with Gasteiger partial charge in [0.1, 0.15) is 6.04 Å². The van der Waals surface area contributed by atoms with Crippen molar-refractivity contribution in [2.45, 2.75) is 58.7 Å². The van der Waals surface area contributed by atoms with Gasteiger partial charge in [-0.3, -0.25) is 9.59 Å². The molecule has 0 radical (unpaired) electrons. The third-order valence-electron chi connectivity index (χ3n) is 5.99. The van der Waals surface area contributed by atoms with E-state index >= 15 is 0 Å². The minimum Gasteiger partial charge on any atom is -0.352 e. The van der Waals surface area contributed by atoms with Crippen molar-refractivity contribution in [2.24, 2.45) is 0 Å². The first-order chi connectivity index (χ1) is 16.4. The predicted octanol–water partition coefficient (Wildman–Crippen LogP) is 5.75. The maximum absolute atomic E-state index is 13.7. The Balaban J connectivity index is 1.96. The molecule has 34 heavy (non-hydrogen) atoms. The number of carbonyl (C=O) groups is 2. The van der Waals surface area contributed by atoms with Crippen LogP contribution in [0, 0.1) is 6.92 Å². The number of amides is 2. The maximum atomic E-state index is 13.7. The van der Waals surface area contributed by atoms with Crippen molar-refractivity contribution >= 4 is 23.4 Å². The number of nitrogens with one attached hydrogen (secondary N) is 1. The summed E-state index contributed by atoms with van der Waals surface area (Å²) >= 11 is 6.23. The van der Waals surface area contributed by atoms with Crippen LogP contribution in [0.2, 0.25) is 5.02 Å². The molecule has 3 rings (SSSR count). The highest BCUT2D eigenvalue weighted by Crippen LogP contribution is 2.19. The van der Waals surface area contributed by atoms with Crippen LogP contribution >= 0.6 is 11.6 Å². The van der Waals surface area contributed by atoms with Crippen molar-refractivity contribution < 1.29 is 9.59 Å². The van der Waals surface area contributed by atoms with E-state index in [1.54, 1.807) is 11.0 Å². The average Bonchev–Trinajstić information content (AvgIpc) is 2.83. The van der Waals surface area contributed by atoms with Gasteiger partial charge in [0, 0.05) is 24.0 Å². The molecule has 0 aliphatic heterocycles. The molecule has 0 aliphatic carbocycles. The van der Waals surface area contributed by atoms with E-state index in [1.165, 1.54) is 0 Å². The van der Waals surface area contributed by atoms with Crippen molar-refractivity contribution in [1.82, 2.24) is 10.2 Å². The van der Waals surface area contributed by atoms with Crippen molar-refractivity contribution in [3.63, 3.8) is 0 Å². The van der Waals surface area contributed by atoms with Gasteiger partial charge < -0.3 is 10.2 Å². The molecule has 3 aromatic rings. The van der Waals surface area contributed by atoms with Gasteiger partial charge in [0.05, 0.1) is 6.42 Å². The normalized spacial score (nSPS) is 12.6. The molecule has 1 N–H and O–H groups in total. The summed E-state index contributed by atoms with van der Waals surface area (Å²) < 4.78 is 0. The number of aryl methyl sites for hydroxylation is 1. The molecule has 0 saturated heterocycles. The fourth-order valence-electron chi connectivity index (χ4n) is 3.81. The van der Waals surface area contributed by atoms with Gasteiger partial charge in [0.25, 0.3) is 0 Å². The summed E-state index contributed by atoms with van der Waals surface area (Å²) in [6.45, 7) is 6.33. The Hall–Kier alpha value is -3.11. The van der Waals surface area contributed by atoms with Crippen LogP contribution in [-0.4, -0.2) is 28.8 Å². The van der Waals surface area contributed by atoms with Gasteiger partial charge in [-0.2, -0.15) is 0 Å². The summed E-state index contributed by atoms with van der Waals surface area (Å²) in [7, 11) is 0. The Morgan fingerprint density at radius 1 is 0.912 bits per heavy atom. The summed E-state index contributed by atoms with van der Waals surface area (Å²) in [5.74, 6) is -0.235. The number of benzene rings is 3. The highest BCUT2D eigenvalue weighted by atomic mass is 35.5. The number of rotatable bonds is 10. The van der Waals surface area contributed by atoms with Crippen molar-refractivity contribution in [1.29, 1.82) is 0 Å². The lowest BCUT2D eigenvalue weighted by molar-refractivity contribution is -0.141. The quantitative estimate of drug-likeness (QED) is 0.405. The highest BCUT2D eigenvalue weighted by molar-refractivity contribution is 6.30. The third kappa shape index (κ3) is 7.46. The van der Waals surface area contributed by atoms with E-state index in [0.717, 1.165) is 28.7 Å². The van der Waals surface area contributed by atoms with Gasteiger partial charge in [-0.1, -0.05) is 90.8 Å². The molecule has 5 heteroatoms. The van der Waals surface area contributed by atoms with Gasteiger partial charge in [-0.25, -0.2) is 0 Å². The fourth-order valence-corrected chi connectivity index (χ4v) is 4.02. The number of hydrogen-bond donors (Lipinski definition) is 1. The van der Waals surface area contributed by atoms with E-state index in [4.69, 9.17) is 11.6 Å². The van der Waals surface area contributed by atoms with Gasteiger partial charge in [0.15, 0.2) is 0 Å². The van der Waals surface area contributed by atoms with E-state index in [1.807, 2.05) is 93.6 Å². The van der Waals surface area contributed by atoms with Crippen molar-refractivity contribution in [2.75, 3.05) is 0 Å². The summed E-state index contributed by atoms with van der Waals surface area (Å²) in [4.78, 5) is 28.9. The predicted molar refractivity (Wildman–Crippen MR) is 139 cm³/mol. The molecule has 0 unspecified atom stereocenters. The second kappa shape index (κ2) is 12.4. The SMILES string of the molecule is CC[C@H](C)NC(=O)[C@@H](Cc1ccccc1)N(Cc1cccc(Cl)c1)C(=O)Cc1ccc(C)cc1. The number of halogens is 1. The molecule has 0 saturated carbocycles. The molecule has 4 nitrogen and oxygen atoms in total. The summed E-state index contributed by atoms with van der Waals surface area (Å²) in [5.41, 5.74) is 3.96. The fraction of sp³-hybridized carbons (Fsp3) is 0.310. The lowest BCUT2D eigenvalue weighted by atomic mass is 10.0. The van der Waals surface area contributed by atoms with E-state index in [0.29, 0.717) is 18.0 Å². The van der Waals surface area contributed by atoms with E-state index in [9.17, 15) is 9.59 Å². The lowest BCUT2D eigenvalue weighted by Crippen LogP contribution is -2.52. The first-order valence-corrected chi connectivity index (χ1v) is 12.2. The van der Waals surface area contributed by atoms with E-state index in [-0.39, 0.29) is 24.3 Å². The van der Waals surface area contributed by atoms with Crippen LogP contribution in [0.5, 0.6) is 0 Å². The van der Waals surface area contributed by atoms with Crippen LogP contribution in [0.15, 0.2) is 78.9 Å². The molecule has 0 heterocycles. The summed E-state index contributed by atoms with van der Waals surface area (Å²) in [6, 6.07) is 24.6. The van der Waals surface area contributed by atoms with Crippen LogP contribution in [0.3, 0.4) is 0 Å². The molecular weight excluding hydrogens is 444 g/mol. The standard InChI is InChI=1S/C29H33ClN2O2/c1-4-22(3)31-29(34)27(18-23-9-6-5-7-10-23)32(20-25-11-8-12-26(30)17-25)28(33)19-24-15-13-21(2)14-16-24/h5-17,22,27H,4,18-20H2,1-3H3,(H,31,34)/t22-,27+/m0/s1. The Bertz CT molecular complexity index is 1080. The second-order valence-corrected chi connectivity index (χ2v) is 9.27. The van der Waals surface area contributed by atoms with Crippen molar-refractivity contribution in [3.8, 4) is 0 Å². The Kier molecular flexibility index (Phi) is 9.29. The van der Waals surface area contributed by atoms with Crippen LogP contribution in [-0.2, 0) is 29.0 Å². The zero-order valence-corrected chi connectivity index (χ0v) is 20.9. The zero-order chi connectivity index (χ0) is 24.5. The van der Waals surface area contributed by atoms with E-state index < -0.39 is 6.04 Å². The smallest absolute Gasteiger partial charge is 0.243 e. The van der Waals surface area contributed by atoms with E-state index in [2.05, 4.69) is 5.32 Å². The molecule has 0 bridgehead atoms. The van der Waals surface area contributed by atoms with Crippen LogP contribution in [0.4, 0.5) is 0 Å². The first kappa shape index (κ1) is 25.5. The third-order valence-corrected chi connectivity index (χ3v) is 6.23. The van der Waals surface area contributed by atoms with Crippen LogP contribution in [0.1, 0.15) is 42.5 Å². The summed E-state index contributed by atoms with van der Waals surface area (Å²) in [6.07, 6.45) is 1.47. The van der Waals surface area contributed by atoms with Crippen LogP contribution < -0.4 is 5.32 Å². The molecule has 0 fully saturated rings. The number of nitrogens with zero attached hydrogens (tertiary/aromatic N) is 1. The Labute approximate surface area is 207 Å². The molecule has 2 amide bonds. The second-order valence-electron chi connectivity index (χ2n) is 8.84. The monoisotopic (exact) mass is 476 g/mol. The molecular formula is C29H33ClN2O2. The Morgan fingerprint density at radius 2 is 1.59 bits per heavy atom. The maximum Gasteiger partial charge on any atom is 0.243 e. The molecule has 178 valence electrons. The largest absolute Gasteiger partial charge is 0.352 e. The molecule has 3 aromatic carbocycles. The first-order valence-electron chi connectivity index (χ1n) is 11.8. The topological polar surface area (TPSA) is 49.4 Å². The van der Waals surface area contributed by atoms with Gasteiger partial charge in [-0.05, 0) is 49.1 Å².